The average molecular weight is 481 g/mol. The molecular weight excluding hydrogens is 457 g/mol. The number of carbonyl (C=O) groups excluding carboxylic acids is 1. The van der Waals surface area contributed by atoms with Crippen LogP contribution in [0.1, 0.15) is 37.8 Å². The van der Waals surface area contributed by atoms with Gasteiger partial charge in [-0.15, -0.1) is 5.06 Å². The van der Waals surface area contributed by atoms with Crippen LogP contribution in [-0.2, 0) is 25.8 Å². The van der Waals surface area contributed by atoms with Gasteiger partial charge in [0.2, 0.25) is 0 Å². The Kier molecular flexibility index (Phi) is 5.57. The quantitative estimate of drug-likeness (QED) is 0.537. The smallest absolute Gasteiger partial charge is 0.367 e. The lowest BCUT2D eigenvalue weighted by Gasteiger charge is -2.38. The Bertz CT molecular complexity index is 1320. The summed E-state index contributed by atoms with van der Waals surface area (Å²) in [6.07, 6.45) is -3.31. The van der Waals surface area contributed by atoms with Crippen LogP contribution in [0.5, 0.6) is 0 Å². The number of nitrogens with zero attached hydrogens (tertiary/aromatic N) is 2. The summed E-state index contributed by atoms with van der Waals surface area (Å²) in [5.41, 5.74) is -0.298. The Labute approximate surface area is 189 Å². The van der Waals surface area contributed by atoms with E-state index in [9.17, 15) is 26.4 Å². The molecule has 0 amide bonds. The molecular formula is C23H23F3N2O4S. The molecule has 1 saturated heterocycles. The summed E-state index contributed by atoms with van der Waals surface area (Å²) in [6.45, 7) is 6.38. The van der Waals surface area contributed by atoms with Gasteiger partial charge in [-0.3, -0.25) is 0 Å². The largest absolute Gasteiger partial charge is 0.416 e. The fourth-order valence-electron chi connectivity index (χ4n) is 3.52. The molecule has 10 heteroatoms. The Morgan fingerprint density at radius 1 is 1.03 bits per heavy atom. The lowest BCUT2D eigenvalue weighted by molar-refractivity contribution is -0.220. The summed E-state index contributed by atoms with van der Waals surface area (Å²) in [5.74, 6) is -0.195. The van der Waals surface area contributed by atoms with Crippen LogP contribution in [0.25, 0.3) is 10.9 Å². The molecule has 2 aromatic carbocycles. The Morgan fingerprint density at radius 2 is 1.73 bits per heavy atom. The minimum Gasteiger partial charge on any atom is -0.367 e. The van der Waals surface area contributed by atoms with Gasteiger partial charge in [-0.2, -0.15) is 13.2 Å². The summed E-state index contributed by atoms with van der Waals surface area (Å²) in [6, 6.07) is 10.6. The van der Waals surface area contributed by atoms with Crippen LogP contribution in [0.4, 0.5) is 13.2 Å². The number of benzene rings is 2. The van der Waals surface area contributed by atoms with Crippen molar-refractivity contribution in [1.29, 1.82) is 0 Å². The number of hydrogen-bond donors (Lipinski definition) is 0. The topological polar surface area (TPSA) is 68.6 Å². The maximum Gasteiger partial charge on any atom is 0.416 e. The van der Waals surface area contributed by atoms with Crippen molar-refractivity contribution in [2.24, 2.45) is 5.41 Å². The molecule has 1 fully saturated rings. The van der Waals surface area contributed by atoms with Crippen LogP contribution in [-0.4, -0.2) is 36.5 Å². The Balaban J connectivity index is 1.55. The van der Waals surface area contributed by atoms with Crippen molar-refractivity contribution in [2.45, 2.75) is 37.8 Å². The van der Waals surface area contributed by atoms with Crippen LogP contribution in [0.15, 0.2) is 59.6 Å². The second kappa shape index (κ2) is 7.88. The summed E-state index contributed by atoms with van der Waals surface area (Å²) in [7, 11) is -4.22. The first kappa shape index (κ1) is 23.3. The molecule has 0 spiro atoms. The summed E-state index contributed by atoms with van der Waals surface area (Å²) in [5, 5.41) is 2.24. The Morgan fingerprint density at radius 3 is 2.36 bits per heavy atom. The molecule has 0 atom stereocenters. The first-order valence-electron chi connectivity index (χ1n) is 10.3. The van der Waals surface area contributed by atoms with E-state index in [-0.39, 0.29) is 11.9 Å². The molecule has 4 rings (SSSR count). The third kappa shape index (κ3) is 4.49. The third-order valence-electron chi connectivity index (χ3n) is 5.54. The molecule has 33 heavy (non-hydrogen) atoms. The Hall–Kier alpha value is -2.85. The van der Waals surface area contributed by atoms with Gasteiger partial charge in [0.05, 0.1) is 21.4 Å². The van der Waals surface area contributed by atoms with E-state index in [4.69, 9.17) is 4.84 Å². The number of alkyl halides is 3. The molecule has 0 saturated carbocycles. The van der Waals surface area contributed by atoms with Crippen molar-refractivity contribution in [3.8, 4) is 0 Å². The predicted molar refractivity (Wildman–Crippen MR) is 116 cm³/mol. The molecule has 0 bridgehead atoms. The number of aromatic nitrogens is 1. The minimum absolute atomic E-state index is 0.116. The second-order valence-electron chi connectivity index (χ2n) is 9.13. The normalized spacial score (nSPS) is 16.1. The highest BCUT2D eigenvalue weighted by Gasteiger charge is 2.35. The number of carbonyl (C=O) groups is 1. The lowest BCUT2D eigenvalue weighted by Crippen LogP contribution is -2.47. The van der Waals surface area contributed by atoms with E-state index < -0.39 is 32.1 Å². The monoisotopic (exact) mass is 480 g/mol. The van der Waals surface area contributed by atoms with Crippen LogP contribution in [0.3, 0.4) is 0 Å². The van der Waals surface area contributed by atoms with Crippen molar-refractivity contribution < 1.29 is 31.2 Å². The highest BCUT2D eigenvalue weighted by atomic mass is 32.2. The SMILES string of the molecule is CC(C)(C)C(=O)ON1CC(c2ccc3c(ccn3S(=O)(=O)c3cccc(C(F)(F)F)c3)c2)C1. The number of fused-ring (bicyclic) bond motifs is 1. The number of rotatable bonds is 4. The first-order chi connectivity index (χ1) is 15.3. The van der Waals surface area contributed by atoms with Gasteiger partial charge in [-0.05, 0) is 62.7 Å². The second-order valence-corrected chi connectivity index (χ2v) is 10.9. The summed E-state index contributed by atoms with van der Waals surface area (Å²) in [4.78, 5) is 16.9. The van der Waals surface area contributed by atoms with E-state index in [1.165, 1.54) is 6.20 Å². The molecule has 1 aliphatic rings. The van der Waals surface area contributed by atoms with E-state index in [0.29, 0.717) is 30.1 Å². The number of hydroxylamine groups is 2. The van der Waals surface area contributed by atoms with Crippen molar-refractivity contribution in [3.63, 3.8) is 0 Å². The van der Waals surface area contributed by atoms with Crippen LogP contribution in [0, 0.1) is 5.41 Å². The fraction of sp³-hybridized carbons (Fsp3) is 0.348. The minimum atomic E-state index is -4.64. The summed E-state index contributed by atoms with van der Waals surface area (Å²) >= 11 is 0. The zero-order valence-corrected chi connectivity index (χ0v) is 19.1. The van der Waals surface area contributed by atoms with E-state index in [1.807, 2.05) is 6.07 Å². The van der Waals surface area contributed by atoms with Gasteiger partial charge in [-0.1, -0.05) is 12.1 Å². The standard InChI is InChI=1S/C23H23F3N2O4S/c1-22(2,3)21(29)32-27-13-17(14-27)15-7-8-20-16(11-15)9-10-28(20)33(30,31)19-6-4-5-18(12-19)23(24,25)26/h4-12,17H,13-14H2,1-3H3. The van der Waals surface area contributed by atoms with Gasteiger partial charge in [0.1, 0.15) is 0 Å². The number of halogens is 3. The molecule has 0 unspecified atom stereocenters. The molecule has 2 heterocycles. The molecule has 1 aliphatic heterocycles. The van der Waals surface area contributed by atoms with Crippen molar-refractivity contribution in [1.82, 2.24) is 9.04 Å². The van der Waals surface area contributed by atoms with Gasteiger partial charge in [0, 0.05) is 30.6 Å². The highest BCUT2D eigenvalue weighted by Crippen LogP contribution is 2.33. The molecule has 6 nitrogen and oxygen atoms in total. The van der Waals surface area contributed by atoms with Gasteiger partial charge in [0.15, 0.2) is 0 Å². The first-order valence-corrected chi connectivity index (χ1v) is 11.7. The van der Waals surface area contributed by atoms with Gasteiger partial charge in [-0.25, -0.2) is 17.2 Å². The van der Waals surface area contributed by atoms with Crippen molar-refractivity contribution in [3.05, 3.63) is 65.9 Å². The molecule has 0 N–H and O–H groups in total. The van der Waals surface area contributed by atoms with Crippen molar-refractivity contribution in [2.75, 3.05) is 13.1 Å². The summed E-state index contributed by atoms with van der Waals surface area (Å²) < 4.78 is 66.2. The van der Waals surface area contributed by atoms with Crippen LogP contribution < -0.4 is 0 Å². The highest BCUT2D eigenvalue weighted by molar-refractivity contribution is 7.90. The van der Waals surface area contributed by atoms with E-state index in [2.05, 4.69) is 0 Å². The van der Waals surface area contributed by atoms with Crippen LogP contribution >= 0.6 is 0 Å². The molecule has 1 aromatic heterocycles. The average Bonchev–Trinajstić information content (AvgIpc) is 3.13. The fourth-order valence-corrected chi connectivity index (χ4v) is 4.92. The van der Waals surface area contributed by atoms with Crippen molar-refractivity contribution >= 4 is 26.9 Å². The van der Waals surface area contributed by atoms with E-state index in [0.717, 1.165) is 27.7 Å². The zero-order valence-electron chi connectivity index (χ0n) is 18.3. The van der Waals surface area contributed by atoms with Gasteiger partial charge >= 0.3 is 12.1 Å². The maximum atomic E-state index is 13.0. The third-order valence-corrected chi connectivity index (χ3v) is 7.23. The number of hydrogen-bond acceptors (Lipinski definition) is 5. The van der Waals surface area contributed by atoms with E-state index in [1.54, 1.807) is 44.0 Å². The predicted octanol–water partition coefficient (Wildman–Crippen LogP) is 4.80. The molecule has 0 radical (unpaired) electrons. The van der Waals surface area contributed by atoms with Gasteiger partial charge in [0.25, 0.3) is 10.0 Å². The van der Waals surface area contributed by atoms with Crippen LogP contribution in [0.2, 0.25) is 0 Å². The zero-order chi connectivity index (χ0) is 24.2. The molecule has 0 aliphatic carbocycles. The molecule has 176 valence electrons. The molecule has 3 aromatic rings. The maximum absolute atomic E-state index is 13.0. The van der Waals surface area contributed by atoms with Gasteiger partial charge < -0.3 is 4.84 Å². The lowest BCUT2D eigenvalue weighted by atomic mass is 9.92. The van der Waals surface area contributed by atoms with E-state index >= 15 is 0 Å².